The number of rotatable bonds is 4. The van der Waals surface area contributed by atoms with Gasteiger partial charge in [-0.2, -0.15) is 0 Å². The number of imidazole rings is 1. The van der Waals surface area contributed by atoms with Crippen LogP contribution in [0.25, 0.3) is 11.1 Å². The summed E-state index contributed by atoms with van der Waals surface area (Å²) < 4.78 is 19.6. The first kappa shape index (κ1) is 15.0. The molecule has 0 amide bonds. The number of nitrogens with zero attached hydrogens (tertiary/aromatic N) is 2. The zero-order chi connectivity index (χ0) is 16.2. The molecule has 0 spiro atoms. The molecule has 0 aliphatic carbocycles. The second kappa shape index (κ2) is 6.44. The highest BCUT2D eigenvalue weighted by molar-refractivity contribution is 5.87. The molecule has 23 heavy (non-hydrogen) atoms. The van der Waals surface area contributed by atoms with Crippen molar-refractivity contribution in [2.45, 2.75) is 6.54 Å². The molecule has 0 radical (unpaired) electrons. The number of hydrogen-bond donors (Lipinski definition) is 0. The van der Waals surface area contributed by atoms with Gasteiger partial charge < -0.3 is 9.30 Å². The van der Waals surface area contributed by atoms with Gasteiger partial charge in [0.05, 0.1) is 19.6 Å². The van der Waals surface area contributed by atoms with Crippen LogP contribution in [0.1, 0.15) is 16.1 Å². The Bertz CT molecular complexity index is 825. The van der Waals surface area contributed by atoms with E-state index in [2.05, 4.69) is 4.98 Å². The van der Waals surface area contributed by atoms with E-state index >= 15 is 0 Å². The van der Waals surface area contributed by atoms with E-state index in [1.54, 1.807) is 23.0 Å². The second-order valence-corrected chi connectivity index (χ2v) is 5.06. The Morgan fingerprint density at radius 2 is 1.91 bits per heavy atom. The van der Waals surface area contributed by atoms with Gasteiger partial charge in [-0.25, -0.2) is 14.2 Å². The van der Waals surface area contributed by atoms with Crippen molar-refractivity contribution in [2.75, 3.05) is 7.11 Å². The molecule has 3 rings (SSSR count). The van der Waals surface area contributed by atoms with Gasteiger partial charge in [-0.05, 0) is 28.8 Å². The number of carbonyl (C=O) groups is 1. The Kier molecular flexibility index (Phi) is 4.19. The Balaban J connectivity index is 1.97. The minimum absolute atomic E-state index is 0.270. The Morgan fingerprint density at radius 1 is 1.17 bits per heavy atom. The standard InChI is InChI=1S/C18H15FN2O2/c1-23-18(22)17-10-20-12-21(17)11-14-4-2-3-5-16(14)13-6-8-15(19)9-7-13/h2-10,12H,11H2,1H3. The zero-order valence-electron chi connectivity index (χ0n) is 12.6. The molecular formula is C18H15FN2O2. The first-order valence-corrected chi connectivity index (χ1v) is 7.11. The van der Waals surface area contributed by atoms with Crippen molar-refractivity contribution in [1.82, 2.24) is 9.55 Å². The van der Waals surface area contributed by atoms with Gasteiger partial charge in [0, 0.05) is 6.54 Å². The summed E-state index contributed by atoms with van der Waals surface area (Å²) in [5, 5.41) is 0. The number of methoxy groups -OCH3 is 1. The lowest BCUT2D eigenvalue weighted by molar-refractivity contribution is 0.0589. The molecule has 1 heterocycles. The smallest absolute Gasteiger partial charge is 0.356 e. The largest absolute Gasteiger partial charge is 0.464 e. The van der Waals surface area contributed by atoms with Crippen molar-refractivity contribution < 1.29 is 13.9 Å². The van der Waals surface area contributed by atoms with Crippen LogP contribution < -0.4 is 0 Å². The summed E-state index contributed by atoms with van der Waals surface area (Å²) in [4.78, 5) is 15.8. The van der Waals surface area contributed by atoms with Crippen LogP contribution in [0, 0.1) is 5.82 Å². The third kappa shape index (κ3) is 3.13. The van der Waals surface area contributed by atoms with Crippen LogP contribution in [0.2, 0.25) is 0 Å². The van der Waals surface area contributed by atoms with Gasteiger partial charge in [-0.1, -0.05) is 36.4 Å². The molecule has 0 aliphatic heterocycles. The molecule has 1 aromatic heterocycles. The lowest BCUT2D eigenvalue weighted by atomic mass is 9.99. The Morgan fingerprint density at radius 3 is 2.65 bits per heavy atom. The predicted molar refractivity (Wildman–Crippen MR) is 84.5 cm³/mol. The van der Waals surface area contributed by atoms with E-state index in [1.807, 2.05) is 24.3 Å². The van der Waals surface area contributed by atoms with Crippen molar-refractivity contribution in [3.63, 3.8) is 0 Å². The zero-order valence-corrected chi connectivity index (χ0v) is 12.6. The van der Waals surface area contributed by atoms with E-state index in [4.69, 9.17) is 4.74 Å². The topological polar surface area (TPSA) is 44.1 Å². The summed E-state index contributed by atoms with van der Waals surface area (Å²) in [5.74, 6) is -0.699. The van der Waals surface area contributed by atoms with Gasteiger partial charge in [0.25, 0.3) is 0 Å². The molecule has 0 saturated carbocycles. The van der Waals surface area contributed by atoms with Gasteiger partial charge in [-0.3, -0.25) is 0 Å². The fourth-order valence-electron chi connectivity index (χ4n) is 2.47. The molecule has 0 saturated heterocycles. The van der Waals surface area contributed by atoms with E-state index in [0.717, 1.165) is 16.7 Å². The average Bonchev–Trinajstić information content (AvgIpc) is 3.04. The summed E-state index contributed by atoms with van der Waals surface area (Å²) in [6.45, 7) is 0.470. The Hall–Kier alpha value is -2.95. The third-order valence-corrected chi connectivity index (χ3v) is 3.62. The van der Waals surface area contributed by atoms with Gasteiger partial charge in [0.15, 0.2) is 0 Å². The molecule has 0 atom stereocenters. The van der Waals surface area contributed by atoms with E-state index in [9.17, 15) is 9.18 Å². The lowest BCUT2D eigenvalue weighted by Crippen LogP contribution is -2.11. The fraction of sp³-hybridized carbons (Fsp3) is 0.111. The van der Waals surface area contributed by atoms with Gasteiger partial charge >= 0.3 is 5.97 Å². The maximum absolute atomic E-state index is 13.1. The Labute approximate surface area is 133 Å². The molecule has 116 valence electrons. The number of halogens is 1. The van der Waals surface area contributed by atoms with Crippen molar-refractivity contribution in [3.8, 4) is 11.1 Å². The van der Waals surface area contributed by atoms with E-state index in [0.29, 0.717) is 12.2 Å². The lowest BCUT2D eigenvalue weighted by Gasteiger charge is -2.12. The maximum atomic E-state index is 13.1. The first-order chi connectivity index (χ1) is 11.2. The molecule has 0 N–H and O–H groups in total. The first-order valence-electron chi connectivity index (χ1n) is 7.11. The average molecular weight is 310 g/mol. The van der Waals surface area contributed by atoms with Crippen LogP contribution in [0.4, 0.5) is 4.39 Å². The van der Waals surface area contributed by atoms with E-state index in [1.165, 1.54) is 25.4 Å². The fourth-order valence-corrected chi connectivity index (χ4v) is 2.47. The van der Waals surface area contributed by atoms with Crippen molar-refractivity contribution in [3.05, 3.63) is 78.1 Å². The number of ether oxygens (including phenoxy) is 1. The van der Waals surface area contributed by atoms with Crippen LogP contribution in [-0.4, -0.2) is 22.6 Å². The van der Waals surface area contributed by atoms with Crippen LogP contribution >= 0.6 is 0 Å². The summed E-state index contributed by atoms with van der Waals surface area (Å²) in [6.07, 6.45) is 3.07. The number of benzene rings is 2. The monoisotopic (exact) mass is 310 g/mol. The van der Waals surface area contributed by atoms with Crippen molar-refractivity contribution >= 4 is 5.97 Å². The molecule has 0 aliphatic rings. The summed E-state index contributed by atoms with van der Waals surface area (Å²) in [7, 11) is 1.34. The number of carbonyl (C=O) groups excluding carboxylic acids is 1. The van der Waals surface area contributed by atoms with Crippen LogP contribution in [-0.2, 0) is 11.3 Å². The van der Waals surface area contributed by atoms with Gasteiger partial charge in [0.2, 0.25) is 0 Å². The highest BCUT2D eigenvalue weighted by atomic mass is 19.1. The summed E-state index contributed by atoms with van der Waals surface area (Å²) in [6, 6.07) is 14.1. The predicted octanol–water partition coefficient (Wildman–Crippen LogP) is 3.52. The highest BCUT2D eigenvalue weighted by Crippen LogP contribution is 2.25. The SMILES string of the molecule is COC(=O)c1cncn1Cc1ccccc1-c1ccc(F)cc1. The maximum Gasteiger partial charge on any atom is 0.356 e. The molecule has 3 aromatic rings. The second-order valence-electron chi connectivity index (χ2n) is 5.06. The van der Waals surface area contributed by atoms with E-state index < -0.39 is 5.97 Å². The van der Waals surface area contributed by atoms with Crippen LogP contribution in [0.3, 0.4) is 0 Å². The molecule has 4 nitrogen and oxygen atoms in total. The number of esters is 1. The van der Waals surface area contributed by atoms with Crippen molar-refractivity contribution in [2.24, 2.45) is 0 Å². The molecule has 2 aromatic carbocycles. The summed E-state index contributed by atoms with van der Waals surface area (Å²) in [5.41, 5.74) is 3.29. The number of aromatic nitrogens is 2. The summed E-state index contributed by atoms with van der Waals surface area (Å²) >= 11 is 0. The van der Waals surface area contributed by atoms with E-state index in [-0.39, 0.29) is 5.82 Å². The number of hydrogen-bond acceptors (Lipinski definition) is 3. The molecule has 0 fully saturated rings. The molecule has 5 heteroatoms. The molecule has 0 unspecified atom stereocenters. The minimum atomic E-state index is -0.429. The molecule has 0 bridgehead atoms. The van der Waals surface area contributed by atoms with Crippen LogP contribution in [0.5, 0.6) is 0 Å². The van der Waals surface area contributed by atoms with Crippen LogP contribution in [0.15, 0.2) is 61.1 Å². The minimum Gasteiger partial charge on any atom is -0.464 e. The van der Waals surface area contributed by atoms with Gasteiger partial charge in [0.1, 0.15) is 11.5 Å². The van der Waals surface area contributed by atoms with Crippen molar-refractivity contribution in [1.29, 1.82) is 0 Å². The third-order valence-electron chi connectivity index (χ3n) is 3.62. The molecular weight excluding hydrogens is 295 g/mol. The van der Waals surface area contributed by atoms with Gasteiger partial charge in [-0.15, -0.1) is 0 Å². The normalized spacial score (nSPS) is 10.5. The highest BCUT2D eigenvalue weighted by Gasteiger charge is 2.13. The quantitative estimate of drug-likeness (QED) is 0.693.